The van der Waals surface area contributed by atoms with E-state index in [-0.39, 0.29) is 17.8 Å². The SMILES string of the molecule is O=C(Cc1ccc(F)cc1F)C1CSCCO1. The van der Waals surface area contributed by atoms with Crippen molar-refractivity contribution < 1.29 is 18.3 Å². The Morgan fingerprint density at radius 3 is 2.94 bits per heavy atom. The molecule has 1 saturated heterocycles. The number of hydrogen-bond donors (Lipinski definition) is 0. The highest BCUT2D eigenvalue weighted by Gasteiger charge is 2.23. The second kappa shape index (κ2) is 5.60. The van der Waals surface area contributed by atoms with Crippen LogP contribution in [0.2, 0.25) is 0 Å². The van der Waals surface area contributed by atoms with E-state index in [1.807, 2.05) is 0 Å². The van der Waals surface area contributed by atoms with E-state index >= 15 is 0 Å². The van der Waals surface area contributed by atoms with Gasteiger partial charge in [-0.25, -0.2) is 8.78 Å². The molecule has 1 fully saturated rings. The van der Waals surface area contributed by atoms with E-state index in [0.717, 1.165) is 17.9 Å². The highest BCUT2D eigenvalue weighted by molar-refractivity contribution is 7.99. The van der Waals surface area contributed by atoms with Crippen LogP contribution in [0.1, 0.15) is 5.56 Å². The van der Waals surface area contributed by atoms with Crippen LogP contribution in [0.3, 0.4) is 0 Å². The first kappa shape index (κ1) is 12.5. The molecule has 1 aromatic rings. The standard InChI is InChI=1S/C12H12F2O2S/c13-9-2-1-8(10(14)6-9)5-11(15)12-7-17-4-3-16-12/h1-2,6,12H,3-5,7H2. The minimum Gasteiger partial charge on any atom is -0.369 e. The molecule has 0 aliphatic carbocycles. The van der Waals surface area contributed by atoms with Crippen molar-refractivity contribution in [2.24, 2.45) is 0 Å². The summed E-state index contributed by atoms with van der Waals surface area (Å²) in [6.45, 7) is 0.549. The number of halogens is 2. The van der Waals surface area contributed by atoms with Gasteiger partial charge in [0.2, 0.25) is 0 Å². The molecule has 17 heavy (non-hydrogen) atoms. The van der Waals surface area contributed by atoms with Crippen molar-refractivity contribution in [3.05, 3.63) is 35.4 Å². The first-order valence-electron chi connectivity index (χ1n) is 5.33. The molecule has 0 aromatic heterocycles. The van der Waals surface area contributed by atoms with Gasteiger partial charge in [-0.1, -0.05) is 6.07 Å². The highest BCUT2D eigenvalue weighted by Crippen LogP contribution is 2.17. The summed E-state index contributed by atoms with van der Waals surface area (Å²) in [6, 6.07) is 3.25. The Labute approximate surface area is 102 Å². The third kappa shape index (κ3) is 3.26. The predicted molar refractivity (Wildman–Crippen MR) is 62.1 cm³/mol. The summed E-state index contributed by atoms with van der Waals surface area (Å²) in [6.07, 6.45) is -0.504. The summed E-state index contributed by atoms with van der Waals surface area (Å²) in [5, 5.41) is 0. The van der Waals surface area contributed by atoms with Gasteiger partial charge >= 0.3 is 0 Å². The monoisotopic (exact) mass is 258 g/mol. The van der Waals surface area contributed by atoms with Crippen molar-refractivity contribution in [3.8, 4) is 0 Å². The zero-order chi connectivity index (χ0) is 12.3. The van der Waals surface area contributed by atoms with Crippen molar-refractivity contribution in [2.75, 3.05) is 18.1 Å². The van der Waals surface area contributed by atoms with Crippen LogP contribution < -0.4 is 0 Å². The smallest absolute Gasteiger partial charge is 0.166 e. The van der Waals surface area contributed by atoms with Gasteiger partial charge < -0.3 is 4.74 Å². The van der Waals surface area contributed by atoms with Gasteiger partial charge in [-0.2, -0.15) is 11.8 Å². The number of ether oxygens (including phenoxy) is 1. The molecule has 0 bridgehead atoms. The van der Waals surface area contributed by atoms with Crippen molar-refractivity contribution >= 4 is 17.5 Å². The Bertz CT molecular complexity index is 417. The summed E-state index contributed by atoms with van der Waals surface area (Å²) in [5.74, 6) is 0.0313. The van der Waals surface area contributed by atoms with Gasteiger partial charge in [0.25, 0.3) is 0 Å². The van der Waals surface area contributed by atoms with Crippen LogP contribution in [-0.4, -0.2) is 30.0 Å². The number of ketones is 1. The second-order valence-corrected chi connectivity index (χ2v) is 4.96. The second-order valence-electron chi connectivity index (χ2n) is 3.81. The quantitative estimate of drug-likeness (QED) is 0.831. The fourth-order valence-electron chi connectivity index (χ4n) is 1.64. The summed E-state index contributed by atoms with van der Waals surface area (Å²) in [4.78, 5) is 11.8. The number of Topliss-reactive ketones (excluding diaryl/α,β-unsaturated/α-hetero) is 1. The van der Waals surface area contributed by atoms with Gasteiger partial charge in [0.15, 0.2) is 5.78 Å². The Morgan fingerprint density at radius 1 is 1.47 bits per heavy atom. The molecule has 1 atom stereocenters. The molecule has 92 valence electrons. The number of benzene rings is 1. The Hall–Kier alpha value is -0.940. The first-order valence-corrected chi connectivity index (χ1v) is 6.48. The number of carbonyl (C=O) groups is 1. The van der Waals surface area contributed by atoms with Crippen molar-refractivity contribution in [1.29, 1.82) is 0 Å². The minimum absolute atomic E-state index is 0.0443. The molecule has 0 amide bonds. The van der Waals surface area contributed by atoms with Gasteiger partial charge in [0.1, 0.15) is 17.7 Å². The number of rotatable bonds is 3. The largest absolute Gasteiger partial charge is 0.369 e. The van der Waals surface area contributed by atoms with Crippen LogP contribution in [0.15, 0.2) is 18.2 Å². The lowest BCUT2D eigenvalue weighted by molar-refractivity contribution is -0.128. The van der Waals surface area contributed by atoms with E-state index in [0.29, 0.717) is 12.4 Å². The van der Waals surface area contributed by atoms with E-state index in [9.17, 15) is 13.6 Å². The molecule has 0 saturated carbocycles. The maximum absolute atomic E-state index is 13.3. The average molecular weight is 258 g/mol. The van der Waals surface area contributed by atoms with Gasteiger partial charge in [-0.3, -0.25) is 4.79 Å². The van der Waals surface area contributed by atoms with Gasteiger partial charge in [-0.05, 0) is 11.6 Å². The summed E-state index contributed by atoms with van der Waals surface area (Å²) in [7, 11) is 0. The highest BCUT2D eigenvalue weighted by atomic mass is 32.2. The van der Waals surface area contributed by atoms with Gasteiger partial charge in [-0.15, -0.1) is 0 Å². The zero-order valence-electron chi connectivity index (χ0n) is 9.12. The molecule has 5 heteroatoms. The Balaban J connectivity index is 2.02. The third-order valence-electron chi connectivity index (χ3n) is 2.55. The van der Waals surface area contributed by atoms with Crippen molar-refractivity contribution in [1.82, 2.24) is 0 Å². The zero-order valence-corrected chi connectivity index (χ0v) is 9.93. The van der Waals surface area contributed by atoms with Crippen LogP contribution in [0.5, 0.6) is 0 Å². The Kier molecular flexibility index (Phi) is 4.12. The molecule has 0 spiro atoms. The molecule has 1 aliphatic heterocycles. The van der Waals surface area contributed by atoms with Crippen LogP contribution >= 0.6 is 11.8 Å². The third-order valence-corrected chi connectivity index (χ3v) is 3.55. The molecule has 1 unspecified atom stereocenters. The van der Waals surface area contributed by atoms with E-state index in [1.54, 1.807) is 11.8 Å². The fraction of sp³-hybridized carbons (Fsp3) is 0.417. The van der Waals surface area contributed by atoms with E-state index in [2.05, 4.69) is 0 Å². The van der Waals surface area contributed by atoms with Crippen LogP contribution in [0, 0.1) is 11.6 Å². The number of hydrogen-bond acceptors (Lipinski definition) is 3. The molecule has 0 radical (unpaired) electrons. The van der Waals surface area contributed by atoms with Gasteiger partial charge in [0, 0.05) is 24.0 Å². The van der Waals surface area contributed by atoms with Crippen molar-refractivity contribution in [2.45, 2.75) is 12.5 Å². The van der Waals surface area contributed by atoms with E-state index in [4.69, 9.17) is 4.74 Å². The lowest BCUT2D eigenvalue weighted by Crippen LogP contribution is -2.32. The molecule has 1 aromatic carbocycles. The van der Waals surface area contributed by atoms with Crippen LogP contribution in [0.4, 0.5) is 8.78 Å². The summed E-state index contributed by atoms with van der Waals surface area (Å²) < 4.78 is 31.3. The maximum Gasteiger partial charge on any atom is 0.166 e. The summed E-state index contributed by atoms with van der Waals surface area (Å²) in [5.41, 5.74) is 0.218. The molecule has 1 heterocycles. The van der Waals surface area contributed by atoms with E-state index < -0.39 is 17.7 Å². The average Bonchev–Trinajstić information content (AvgIpc) is 2.34. The van der Waals surface area contributed by atoms with E-state index in [1.165, 1.54) is 6.07 Å². The lowest BCUT2D eigenvalue weighted by atomic mass is 10.1. The molecular formula is C12H12F2O2S. The topological polar surface area (TPSA) is 26.3 Å². The number of thioether (sulfide) groups is 1. The van der Waals surface area contributed by atoms with Crippen LogP contribution in [0.25, 0.3) is 0 Å². The molecule has 2 rings (SSSR count). The minimum atomic E-state index is -0.679. The maximum atomic E-state index is 13.3. The number of carbonyl (C=O) groups excluding carboxylic acids is 1. The predicted octanol–water partition coefficient (Wildman–Crippen LogP) is 2.21. The Morgan fingerprint density at radius 2 is 2.29 bits per heavy atom. The molecule has 1 aliphatic rings. The van der Waals surface area contributed by atoms with Crippen LogP contribution in [-0.2, 0) is 16.0 Å². The first-order chi connectivity index (χ1) is 8.16. The normalized spacial score (nSPS) is 20.2. The summed E-state index contributed by atoms with van der Waals surface area (Å²) >= 11 is 1.65. The fourth-order valence-corrected chi connectivity index (χ4v) is 2.52. The lowest BCUT2D eigenvalue weighted by Gasteiger charge is -2.21. The van der Waals surface area contributed by atoms with Crippen molar-refractivity contribution in [3.63, 3.8) is 0 Å². The molecule has 2 nitrogen and oxygen atoms in total. The molecular weight excluding hydrogens is 246 g/mol. The molecule has 0 N–H and O–H groups in total. The van der Waals surface area contributed by atoms with Gasteiger partial charge in [0.05, 0.1) is 6.61 Å².